The van der Waals surface area contributed by atoms with Crippen molar-refractivity contribution in [2.45, 2.75) is 12.8 Å². The van der Waals surface area contributed by atoms with E-state index in [1.165, 1.54) is 19.4 Å². The van der Waals surface area contributed by atoms with Crippen molar-refractivity contribution in [1.29, 1.82) is 0 Å². The van der Waals surface area contributed by atoms with Crippen LogP contribution in [0.2, 0.25) is 0 Å². The minimum Gasteiger partial charge on any atom is -0.399 e. The summed E-state index contributed by atoms with van der Waals surface area (Å²) in [6.45, 7) is 3.07. The van der Waals surface area contributed by atoms with Gasteiger partial charge in [0.25, 0.3) is 5.91 Å². The maximum Gasteiger partial charge on any atom is 0.253 e. The van der Waals surface area contributed by atoms with Gasteiger partial charge in [0.1, 0.15) is 0 Å². The molecule has 0 radical (unpaired) electrons. The molecule has 4 nitrogen and oxygen atoms in total. The van der Waals surface area contributed by atoms with Crippen molar-refractivity contribution in [2.24, 2.45) is 5.92 Å². The van der Waals surface area contributed by atoms with Crippen molar-refractivity contribution < 1.29 is 4.79 Å². The first kappa shape index (κ1) is 13.9. The van der Waals surface area contributed by atoms with Crippen molar-refractivity contribution in [2.75, 3.05) is 39.5 Å². The second kappa shape index (κ2) is 6.06. The Morgan fingerprint density at radius 2 is 2.32 bits per heavy atom. The van der Waals surface area contributed by atoms with Gasteiger partial charge in [0, 0.05) is 31.4 Å². The van der Waals surface area contributed by atoms with Crippen molar-refractivity contribution in [3.8, 4) is 0 Å². The molecule has 0 aromatic heterocycles. The number of nitrogen functional groups attached to an aromatic ring is 1. The van der Waals surface area contributed by atoms with Gasteiger partial charge in [-0.3, -0.25) is 4.79 Å². The molecule has 1 unspecified atom stereocenters. The molecule has 1 fully saturated rings. The number of amides is 1. The zero-order valence-corrected chi connectivity index (χ0v) is 11.8. The molecule has 1 amide bonds. The number of hydrogen-bond donors (Lipinski definition) is 1. The van der Waals surface area contributed by atoms with Crippen LogP contribution in [0.15, 0.2) is 24.3 Å². The number of carbonyl (C=O) groups is 1. The summed E-state index contributed by atoms with van der Waals surface area (Å²) >= 11 is 0. The first-order valence-electron chi connectivity index (χ1n) is 6.86. The minimum absolute atomic E-state index is 0.0560. The first-order chi connectivity index (χ1) is 9.06. The second-order valence-corrected chi connectivity index (χ2v) is 5.58. The highest BCUT2D eigenvalue weighted by Gasteiger charge is 2.21. The molecule has 0 aliphatic carbocycles. The van der Waals surface area contributed by atoms with Crippen LogP contribution < -0.4 is 5.73 Å². The third-order valence-corrected chi connectivity index (χ3v) is 3.73. The number of anilines is 1. The van der Waals surface area contributed by atoms with E-state index >= 15 is 0 Å². The molecule has 4 heteroatoms. The highest BCUT2D eigenvalue weighted by Crippen LogP contribution is 2.17. The fourth-order valence-corrected chi connectivity index (χ4v) is 2.78. The molecule has 1 heterocycles. The van der Waals surface area contributed by atoms with E-state index in [0.717, 1.165) is 13.1 Å². The molecule has 2 N–H and O–H groups in total. The van der Waals surface area contributed by atoms with Gasteiger partial charge in [0.05, 0.1) is 0 Å². The maximum atomic E-state index is 12.3. The lowest BCUT2D eigenvalue weighted by atomic mass is 9.98. The number of likely N-dealkylation sites (tertiary alicyclic amines) is 1. The van der Waals surface area contributed by atoms with Crippen LogP contribution in [0.5, 0.6) is 0 Å². The molecule has 0 spiro atoms. The van der Waals surface area contributed by atoms with Crippen LogP contribution in [0.1, 0.15) is 23.2 Å². The molecule has 1 saturated heterocycles. The van der Waals surface area contributed by atoms with Crippen LogP contribution in [0.4, 0.5) is 5.69 Å². The third-order valence-electron chi connectivity index (χ3n) is 3.73. The van der Waals surface area contributed by atoms with Gasteiger partial charge in [0.2, 0.25) is 0 Å². The van der Waals surface area contributed by atoms with Gasteiger partial charge < -0.3 is 15.5 Å². The Kier molecular flexibility index (Phi) is 4.43. The highest BCUT2D eigenvalue weighted by molar-refractivity contribution is 5.94. The summed E-state index contributed by atoms with van der Waals surface area (Å²) in [4.78, 5) is 16.5. The van der Waals surface area contributed by atoms with E-state index in [2.05, 4.69) is 11.9 Å². The molecular weight excluding hydrogens is 238 g/mol. The zero-order chi connectivity index (χ0) is 13.8. The monoisotopic (exact) mass is 261 g/mol. The molecular formula is C15H23N3O. The molecule has 1 aromatic rings. The molecule has 0 saturated carbocycles. The topological polar surface area (TPSA) is 49.6 Å². The van der Waals surface area contributed by atoms with Gasteiger partial charge in [-0.05, 0) is 50.6 Å². The van der Waals surface area contributed by atoms with E-state index in [0.29, 0.717) is 17.2 Å². The number of hydrogen-bond acceptors (Lipinski definition) is 3. The molecule has 1 atom stereocenters. The van der Waals surface area contributed by atoms with E-state index in [-0.39, 0.29) is 5.91 Å². The van der Waals surface area contributed by atoms with Crippen LogP contribution in [-0.2, 0) is 0 Å². The van der Waals surface area contributed by atoms with Crippen LogP contribution >= 0.6 is 0 Å². The molecule has 1 aliphatic heterocycles. The Labute approximate surface area is 115 Å². The summed E-state index contributed by atoms with van der Waals surface area (Å²) in [6.07, 6.45) is 2.43. The number of benzene rings is 1. The Balaban J connectivity index is 1.95. The van der Waals surface area contributed by atoms with Gasteiger partial charge in [-0.1, -0.05) is 6.07 Å². The summed E-state index contributed by atoms with van der Waals surface area (Å²) in [5.41, 5.74) is 7.03. The van der Waals surface area contributed by atoms with Gasteiger partial charge >= 0.3 is 0 Å². The van der Waals surface area contributed by atoms with Crippen molar-refractivity contribution in [3.63, 3.8) is 0 Å². The van der Waals surface area contributed by atoms with Crippen molar-refractivity contribution in [1.82, 2.24) is 9.80 Å². The standard InChI is InChI=1S/C15H23N3O/c1-17-8-4-5-12(10-17)11-18(2)15(19)13-6-3-7-14(16)9-13/h3,6-7,9,12H,4-5,8,10-11,16H2,1-2H3. The van der Waals surface area contributed by atoms with Crippen molar-refractivity contribution in [3.05, 3.63) is 29.8 Å². The van der Waals surface area contributed by atoms with E-state index < -0.39 is 0 Å². The summed E-state index contributed by atoms with van der Waals surface area (Å²) in [5, 5.41) is 0. The Hall–Kier alpha value is -1.55. The van der Waals surface area contributed by atoms with Crippen LogP contribution in [-0.4, -0.2) is 49.4 Å². The second-order valence-electron chi connectivity index (χ2n) is 5.58. The number of carbonyl (C=O) groups excluding carboxylic acids is 1. The predicted octanol–water partition coefficient (Wildman–Crippen LogP) is 1.68. The predicted molar refractivity (Wildman–Crippen MR) is 78.0 cm³/mol. The summed E-state index contributed by atoms with van der Waals surface area (Å²) in [5.74, 6) is 0.634. The lowest BCUT2D eigenvalue weighted by Gasteiger charge is -2.32. The molecule has 0 bridgehead atoms. The van der Waals surface area contributed by atoms with E-state index in [1.54, 1.807) is 12.1 Å². The average Bonchev–Trinajstić information content (AvgIpc) is 2.38. The lowest BCUT2D eigenvalue weighted by Crippen LogP contribution is -2.40. The number of rotatable bonds is 3. The van der Waals surface area contributed by atoms with Gasteiger partial charge in [-0.15, -0.1) is 0 Å². The number of nitrogens with zero attached hydrogens (tertiary/aromatic N) is 2. The minimum atomic E-state index is 0.0560. The van der Waals surface area contributed by atoms with Gasteiger partial charge in [0.15, 0.2) is 0 Å². The van der Waals surface area contributed by atoms with Gasteiger partial charge in [-0.25, -0.2) is 0 Å². The molecule has 1 aromatic carbocycles. The normalized spacial score (nSPS) is 20.2. The van der Waals surface area contributed by atoms with Crippen LogP contribution in [0.3, 0.4) is 0 Å². The Morgan fingerprint density at radius 1 is 1.53 bits per heavy atom. The number of piperidine rings is 1. The Morgan fingerprint density at radius 3 is 3.00 bits per heavy atom. The van der Waals surface area contributed by atoms with Crippen molar-refractivity contribution >= 4 is 11.6 Å². The van der Waals surface area contributed by atoms with Gasteiger partial charge in [-0.2, -0.15) is 0 Å². The maximum absolute atomic E-state index is 12.3. The number of nitrogens with two attached hydrogens (primary N) is 1. The first-order valence-corrected chi connectivity index (χ1v) is 6.86. The average molecular weight is 261 g/mol. The van der Waals surface area contributed by atoms with E-state index in [1.807, 2.05) is 24.1 Å². The van der Waals surface area contributed by atoms with Crippen LogP contribution in [0, 0.1) is 5.92 Å². The summed E-state index contributed by atoms with van der Waals surface area (Å²) in [7, 11) is 4.02. The van der Waals surface area contributed by atoms with Crippen LogP contribution in [0.25, 0.3) is 0 Å². The lowest BCUT2D eigenvalue weighted by molar-refractivity contribution is 0.0741. The summed E-state index contributed by atoms with van der Waals surface area (Å²) in [6, 6.07) is 7.19. The molecule has 19 heavy (non-hydrogen) atoms. The Bertz CT molecular complexity index is 447. The quantitative estimate of drug-likeness (QED) is 0.842. The fraction of sp³-hybridized carbons (Fsp3) is 0.533. The smallest absolute Gasteiger partial charge is 0.253 e. The van der Waals surface area contributed by atoms with E-state index in [9.17, 15) is 4.79 Å². The molecule has 104 valence electrons. The fourth-order valence-electron chi connectivity index (χ4n) is 2.78. The highest BCUT2D eigenvalue weighted by atomic mass is 16.2. The third kappa shape index (κ3) is 3.70. The zero-order valence-electron chi connectivity index (χ0n) is 11.8. The van der Waals surface area contributed by atoms with E-state index in [4.69, 9.17) is 5.73 Å². The molecule has 1 aliphatic rings. The summed E-state index contributed by atoms with van der Waals surface area (Å²) < 4.78 is 0. The molecule has 2 rings (SSSR count). The largest absolute Gasteiger partial charge is 0.399 e. The SMILES string of the molecule is CN1CCCC(CN(C)C(=O)c2cccc(N)c2)C1.